The fourth-order valence-electron chi connectivity index (χ4n) is 3.54. The number of imidazole rings is 1. The highest BCUT2D eigenvalue weighted by Gasteiger charge is 2.09. The Morgan fingerprint density at radius 2 is 1.79 bits per heavy atom. The lowest BCUT2D eigenvalue weighted by Crippen LogP contribution is -2.27. The first-order valence-corrected chi connectivity index (χ1v) is 11.6. The van der Waals surface area contributed by atoms with E-state index in [1.165, 1.54) is 17.0 Å². The molecule has 3 aromatic heterocycles. The van der Waals surface area contributed by atoms with Crippen LogP contribution in [-0.4, -0.2) is 31.4 Å². The summed E-state index contributed by atoms with van der Waals surface area (Å²) in [6.07, 6.45) is 5.32. The third kappa shape index (κ3) is 4.60. The van der Waals surface area contributed by atoms with E-state index >= 15 is 0 Å². The highest BCUT2D eigenvalue weighted by molar-refractivity contribution is 7.15. The van der Waals surface area contributed by atoms with Crippen LogP contribution in [0.1, 0.15) is 6.92 Å². The molecule has 0 fully saturated rings. The van der Waals surface area contributed by atoms with Crippen LogP contribution in [0.25, 0.3) is 27.5 Å². The van der Waals surface area contributed by atoms with Crippen molar-refractivity contribution in [1.29, 1.82) is 0 Å². The summed E-state index contributed by atoms with van der Waals surface area (Å²) in [5.74, 6) is 0.446. The largest absolute Gasteiger partial charge is 0.494 e. The Bertz CT molecular complexity index is 1470. The molecule has 1 N–H and O–H groups in total. The minimum absolute atomic E-state index is 0.130. The van der Waals surface area contributed by atoms with Gasteiger partial charge in [0, 0.05) is 40.7 Å². The van der Waals surface area contributed by atoms with Crippen molar-refractivity contribution in [2.24, 2.45) is 0 Å². The Hall–Kier alpha value is -4.24. The van der Waals surface area contributed by atoms with Gasteiger partial charge in [0.15, 0.2) is 4.96 Å². The minimum Gasteiger partial charge on any atom is -0.494 e. The topological polar surface area (TPSA) is 90.5 Å². The lowest BCUT2D eigenvalue weighted by Gasteiger charge is -2.09. The Labute approximate surface area is 199 Å². The molecule has 0 unspecified atom stereocenters. The lowest BCUT2D eigenvalue weighted by atomic mass is 10.1. The molecule has 0 aliphatic carbocycles. The van der Waals surface area contributed by atoms with Crippen LogP contribution in [0.15, 0.2) is 83.5 Å². The van der Waals surface area contributed by atoms with Crippen LogP contribution in [0, 0.1) is 0 Å². The molecule has 0 aliphatic rings. The molecular weight excluding hydrogens is 450 g/mol. The molecule has 0 aliphatic heterocycles. The maximum Gasteiger partial charge on any atom is 0.254 e. The van der Waals surface area contributed by atoms with Crippen LogP contribution >= 0.6 is 11.3 Å². The molecule has 0 radical (unpaired) electrons. The van der Waals surface area contributed by atoms with Gasteiger partial charge in [0.2, 0.25) is 5.91 Å². The summed E-state index contributed by atoms with van der Waals surface area (Å²) < 4.78 is 8.69. The first kappa shape index (κ1) is 21.6. The number of carbonyl (C=O) groups excluding carboxylic acids is 1. The lowest BCUT2D eigenvalue weighted by molar-refractivity contribution is -0.116. The van der Waals surface area contributed by atoms with Crippen molar-refractivity contribution >= 4 is 27.9 Å². The molecule has 0 saturated carbocycles. The summed E-state index contributed by atoms with van der Waals surface area (Å²) in [6, 6.07) is 16.2. The molecule has 0 spiro atoms. The maximum atomic E-state index is 12.5. The normalized spacial score (nSPS) is 11.0. The molecule has 0 bridgehead atoms. The Morgan fingerprint density at radius 1 is 1.06 bits per heavy atom. The molecule has 170 valence electrons. The molecule has 5 aromatic rings. The summed E-state index contributed by atoms with van der Waals surface area (Å²) in [4.78, 5) is 34.9. The molecular formula is C25H21N5O3S. The van der Waals surface area contributed by atoms with Gasteiger partial charge in [-0.15, -0.1) is 11.3 Å². The van der Waals surface area contributed by atoms with E-state index in [2.05, 4.69) is 15.3 Å². The number of ether oxygens (including phenoxy) is 1. The number of nitrogens with one attached hydrogen (secondary N) is 1. The maximum absolute atomic E-state index is 12.5. The van der Waals surface area contributed by atoms with E-state index in [-0.39, 0.29) is 18.0 Å². The Morgan fingerprint density at radius 3 is 2.50 bits per heavy atom. The average Bonchev–Trinajstić information content (AvgIpc) is 3.44. The number of anilines is 1. The second kappa shape index (κ2) is 9.32. The van der Waals surface area contributed by atoms with E-state index in [0.29, 0.717) is 18.0 Å². The van der Waals surface area contributed by atoms with Gasteiger partial charge in [0.1, 0.15) is 12.3 Å². The fraction of sp³-hybridized carbons (Fsp3) is 0.120. The molecule has 5 rings (SSSR count). The summed E-state index contributed by atoms with van der Waals surface area (Å²) in [7, 11) is 0. The second-order valence-electron chi connectivity index (χ2n) is 7.54. The number of hydrogen-bond acceptors (Lipinski definition) is 6. The van der Waals surface area contributed by atoms with E-state index in [0.717, 1.165) is 27.5 Å². The zero-order valence-electron chi connectivity index (χ0n) is 18.3. The third-order valence-corrected chi connectivity index (χ3v) is 5.98. The monoisotopic (exact) mass is 471 g/mol. The van der Waals surface area contributed by atoms with Gasteiger partial charge in [0.05, 0.1) is 24.3 Å². The summed E-state index contributed by atoms with van der Waals surface area (Å²) in [5, 5.41) is 4.80. The van der Waals surface area contributed by atoms with E-state index in [9.17, 15) is 9.59 Å². The zero-order valence-corrected chi connectivity index (χ0v) is 19.2. The number of rotatable bonds is 7. The van der Waals surface area contributed by atoms with Gasteiger partial charge in [-0.2, -0.15) is 0 Å². The van der Waals surface area contributed by atoms with Gasteiger partial charge in [-0.05, 0) is 43.3 Å². The van der Waals surface area contributed by atoms with Crippen molar-refractivity contribution in [3.8, 4) is 28.3 Å². The molecule has 34 heavy (non-hydrogen) atoms. The Balaban J connectivity index is 1.23. The standard InChI is InChI=1S/C25H21N5O3S/c1-2-33-20-9-5-17(6-10-20)21-13-24(32)30(16-26-21)15-23(31)27-19-7-3-18(4-8-19)22-14-29-11-12-34-25(29)28-22/h3-14,16H,2,15H2,1H3,(H,27,31). The molecule has 9 heteroatoms. The van der Waals surface area contributed by atoms with E-state index in [4.69, 9.17) is 4.74 Å². The molecule has 8 nitrogen and oxygen atoms in total. The third-order valence-electron chi connectivity index (χ3n) is 5.21. The summed E-state index contributed by atoms with van der Waals surface area (Å²) in [5.41, 5.74) is 3.51. The SMILES string of the molecule is CCOc1ccc(-c2cc(=O)n(CC(=O)Nc3ccc(-c4cn5ccsc5n4)cc3)cn2)cc1. The number of benzene rings is 2. The van der Waals surface area contributed by atoms with Crippen LogP contribution in [-0.2, 0) is 11.3 Å². The average molecular weight is 472 g/mol. The van der Waals surface area contributed by atoms with Gasteiger partial charge in [-0.3, -0.25) is 18.6 Å². The molecule has 0 atom stereocenters. The molecule has 3 heterocycles. The van der Waals surface area contributed by atoms with Crippen LogP contribution in [0.2, 0.25) is 0 Å². The van der Waals surface area contributed by atoms with Crippen molar-refractivity contribution < 1.29 is 9.53 Å². The summed E-state index contributed by atoms with van der Waals surface area (Å²) in [6.45, 7) is 2.38. The van der Waals surface area contributed by atoms with Crippen molar-refractivity contribution in [1.82, 2.24) is 18.9 Å². The van der Waals surface area contributed by atoms with E-state index < -0.39 is 0 Å². The van der Waals surface area contributed by atoms with Gasteiger partial charge < -0.3 is 10.1 Å². The number of amides is 1. The first-order valence-electron chi connectivity index (χ1n) is 10.7. The van der Waals surface area contributed by atoms with Gasteiger partial charge in [-0.25, -0.2) is 9.97 Å². The minimum atomic E-state index is -0.312. The highest BCUT2D eigenvalue weighted by Crippen LogP contribution is 2.23. The van der Waals surface area contributed by atoms with Gasteiger partial charge in [-0.1, -0.05) is 12.1 Å². The Kier molecular flexibility index (Phi) is 5.92. The van der Waals surface area contributed by atoms with Gasteiger partial charge >= 0.3 is 0 Å². The van der Waals surface area contributed by atoms with Crippen LogP contribution < -0.4 is 15.6 Å². The predicted octanol–water partition coefficient (Wildman–Crippen LogP) is 4.32. The van der Waals surface area contributed by atoms with E-state index in [1.807, 2.05) is 77.6 Å². The van der Waals surface area contributed by atoms with Crippen LogP contribution in [0.5, 0.6) is 5.75 Å². The van der Waals surface area contributed by atoms with Gasteiger partial charge in [0.25, 0.3) is 5.56 Å². The highest BCUT2D eigenvalue weighted by atomic mass is 32.1. The number of hydrogen-bond donors (Lipinski definition) is 1. The van der Waals surface area contributed by atoms with Crippen molar-refractivity contribution in [3.05, 3.63) is 89.1 Å². The molecule has 2 aromatic carbocycles. The number of fused-ring (bicyclic) bond motifs is 1. The van der Waals surface area contributed by atoms with Crippen molar-refractivity contribution in [2.75, 3.05) is 11.9 Å². The second-order valence-corrected chi connectivity index (χ2v) is 8.42. The molecule has 1 amide bonds. The number of thiazole rings is 1. The van der Waals surface area contributed by atoms with Crippen LogP contribution in [0.4, 0.5) is 5.69 Å². The zero-order chi connectivity index (χ0) is 23.5. The van der Waals surface area contributed by atoms with Crippen LogP contribution in [0.3, 0.4) is 0 Å². The fourth-order valence-corrected chi connectivity index (χ4v) is 4.24. The predicted molar refractivity (Wildman–Crippen MR) is 132 cm³/mol. The number of carbonyl (C=O) groups is 1. The first-order chi connectivity index (χ1) is 16.6. The number of aromatic nitrogens is 4. The molecule has 0 saturated heterocycles. The van der Waals surface area contributed by atoms with E-state index in [1.54, 1.807) is 11.3 Å². The van der Waals surface area contributed by atoms with Crippen molar-refractivity contribution in [3.63, 3.8) is 0 Å². The smallest absolute Gasteiger partial charge is 0.254 e. The quantitative estimate of drug-likeness (QED) is 0.382. The number of nitrogens with zero attached hydrogens (tertiary/aromatic N) is 4. The summed E-state index contributed by atoms with van der Waals surface area (Å²) >= 11 is 1.57. The van der Waals surface area contributed by atoms with Crippen molar-refractivity contribution in [2.45, 2.75) is 13.5 Å².